The second kappa shape index (κ2) is 8.74. The van der Waals surface area contributed by atoms with E-state index in [0.717, 1.165) is 6.54 Å². The van der Waals surface area contributed by atoms with E-state index in [2.05, 4.69) is 61.2 Å². The Labute approximate surface area is 105 Å². The topological polar surface area (TPSA) is 3.88 Å². The molecule has 1 aromatic rings. The molecule has 0 aliphatic heterocycles. The second-order valence-electron chi connectivity index (χ2n) is 4.30. The number of aromatic nitrogens is 1. The number of rotatable bonds is 7. The summed E-state index contributed by atoms with van der Waals surface area (Å²) in [6.07, 6.45) is 16.0. The third kappa shape index (κ3) is 6.06. The Hall–Kier alpha value is -1.37. The molecule has 0 aliphatic rings. The van der Waals surface area contributed by atoms with E-state index in [9.17, 15) is 0 Å². The van der Waals surface area contributed by atoms with Gasteiger partial charge in [-0.2, -0.15) is 0 Å². The van der Waals surface area contributed by atoms with Gasteiger partial charge in [0, 0.05) is 12.1 Å². The summed E-state index contributed by atoms with van der Waals surface area (Å²) in [5.41, 5.74) is 1.45. The lowest BCUT2D eigenvalue weighted by Gasteiger charge is -2.00. The Bertz CT molecular complexity index is 349. The summed E-state index contributed by atoms with van der Waals surface area (Å²) >= 11 is 0. The van der Waals surface area contributed by atoms with Crippen LogP contribution >= 0.6 is 0 Å². The minimum atomic E-state index is 0.950. The van der Waals surface area contributed by atoms with E-state index in [-0.39, 0.29) is 0 Å². The number of hydrogen-bond donors (Lipinski definition) is 0. The van der Waals surface area contributed by atoms with Crippen LogP contribution in [0.5, 0.6) is 0 Å². The fraction of sp³-hybridized carbons (Fsp3) is 0.438. The van der Waals surface area contributed by atoms with Gasteiger partial charge >= 0.3 is 0 Å². The molecule has 0 unspecified atom stereocenters. The van der Waals surface area contributed by atoms with Crippen LogP contribution in [0.1, 0.15) is 39.5 Å². The van der Waals surface area contributed by atoms with Crippen LogP contribution in [0, 0.1) is 0 Å². The van der Waals surface area contributed by atoms with E-state index in [0.29, 0.717) is 0 Å². The fourth-order valence-electron chi connectivity index (χ4n) is 1.78. The molecule has 1 aromatic heterocycles. The maximum atomic E-state index is 2.26. The quantitative estimate of drug-likeness (QED) is 0.378. The number of unbranched alkanes of at least 4 members (excludes halogenated alkanes) is 2. The summed E-state index contributed by atoms with van der Waals surface area (Å²) in [7, 11) is 0. The van der Waals surface area contributed by atoms with Gasteiger partial charge in [0.2, 0.25) is 0 Å². The van der Waals surface area contributed by atoms with Crippen LogP contribution in [0.3, 0.4) is 0 Å². The highest BCUT2D eigenvalue weighted by Crippen LogP contribution is 2.09. The van der Waals surface area contributed by atoms with Crippen LogP contribution < -0.4 is 4.57 Å². The van der Waals surface area contributed by atoms with Crippen molar-refractivity contribution in [3.8, 4) is 0 Å². The van der Waals surface area contributed by atoms with Gasteiger partial charge in [0.25, 0.3) is 0 Å². The lowest BCUT2D eigenvalue weighted by Crippen LogP contribution is -2.30. The third-order valence-corrected chi connectivity index (χ3v) is 2.87. The normalized spacial score (nSPS) is 12.2. The molecule has 0 fully saturated rings. The summed E-state index contributed by atoms with van der Waals surface area (Å²) in [5, 5.41) is 0. The van der Waals surface area contributed by atoms with Crippen molar-refractivity contribution < 1.29 is 4.57 Å². The van der Waals surface area contributed by atoms with Crippen LogP contribution in [0.4, 0.5) is 0 Å². The molecule has 1 heterocycles. The molecule has 0 saturated heterocycles. The summed E-state index contributed by atoms with van der Waals surface area (Å²) in [5.74, 6) is 0. The zero-order valence-corrected chi connectivity index (χ0v) is 11.1. The van der Waals surface area contributed by atoms with Gasteiger partial charge in [0.1, 0.15) is 0 Å². The molecule has 0 saturated carbocycles. The van der Waals surface area contributed by atoms with Crippen molar-refractivity contribution in [2.45, 2.75) is 46.1 Å². The summed E-state index contributed by atoms with van der Waals surface area (Å²) in [6, 6.07) is 6.17. The number of allylic oxidation sites excluding steroid dienone is 4. The molecular formula is C16H24N+. The molecule has 1 nitrogen and oxygen atoms in total. The minimum Gasteiger partial charge on any atom is -0.201 e. The average Bonchev–Trinajstić information content (AvgIpc) is 2.38. The summed E-state index contributed by atoms with van der Waals surface area (Å²) < 4.78 is 2.18. The second-order valence-corrected chi connectivity index (χ2v) is 4.30. The first-order valence-electron chi connectivity index (χ1n) is 6.62. The molecule has 1 rings (SSSR count). The first-order chi connectivity index (χ1) is 8.36. The van der Waals surface area contributed by atoms with Crippen molar-refractivity contribution in [2.75, 3.05) is 0 Å². The highest BCUT2D eigenvalue weighted by molar-refractivity contribution is 5.17. The lowest BCUT2D eigenvalue weighted by molar-refractivity contribution is -0.687. The Balaban J connectivity index is 2.36. The van der Waals surface area contributed by atoms with Crippen molar-refractivity contribution in [1.82, 2.24) is 0 Å². The van der Waals surface area contributed by atoms with Crippen molar-refractivity contribution >= 4 is 0 Å². The molecule has 0 amide bonds. The number of hydrogen-bond acceptors (Lipinski definition) is 0. The Kier molecular flexibility index (Phi) is 7.04. The zero-order chi connectivity index (χ0) is 12.3. The van der Waals surface area contributed by atoms with Gasteiger partial charge in [-0.1, -0.05) is 43.6 Å². The average molecular weight is 230 g/mol. The van der Waals surface area contributed by atoms with E-state index >= 15 is 0 Å². The van der Waals surface area contributed by atoms with Crippen LogP contribution in [0.15, 0.2) is 54.4 Å². The minimum absolute atomic E-state index is 0.950. The SMILES string of the molecule is CC=C(C=CC[n+]1ccccc1)CCCCC. The molecule has 0 atom stereocenters. The molecule has 0 aromatic carbocycles. The largest absolute Gasteiger partial charge is 0.201 e. The molecular weight excluding hydrogens is 206 g/mol. The first-order valence-corrected chi connectivity index (χ1v) is 6.62. The van der Waals surface area contributed by atoms with E-state index < -0.39 is 0 Å². The molecule has 92 valence electrons. The van der Waals surface area contributed by atoms with Crippen LogP contribution in [0.2, 0.25) is 0 Å². The van der Waals surface area contributed by atoms with Crippen molar-refractivity contribution in [3.63, 3.8) is 0 Å². The van der Waals surface area contributed by atoms with Gasteiger partial charge in [-0.05, 0) is 25.8 Å². The predicted octanol–water partition coefficient (Wildman–Crippen LogP) is 4.06. The molecule has 0 radical (unpaired) electrons. The van der Waals surface area contributed by atoms with Crippen molar-refractivity contribution in [3.05, 3.63) is 54.4 Å². The smallest absolute Gasteiger partial charge is 0.169 e. The van der Waals surface area contributed by atoms with Gasteiger partial charge in [-0.25, -0.2) is 4.57 Å². The van der Waals surface area contributed by atoms with Gasteiger partial charge in [0.15, 0.2) is 18.9 Å². The zero-order valence-electron chi connectivity index (χ0n) is 11.1. The predicted molar refractivity (Wildman–Crippen MR) is 73.7 cm³/mol. The molecule has 0 spiro atoms. The monoisotopic (exact) mass is 230 g/mol. The standard InChI is InChI=1S/C16H24N/c1-3-5-7-11-16(4-2)12-10-15-17-13-8-6-9-14-17/h4,6,8-10,12-14H,3,5,7,11,15H2,1-2H3/q+1. The van der Waals surface area contributed by atoms with E-state index in [1.807, 2.05) is 6.07 Å². The van der Waals surface area contributed by atoms with E-state index in [1.54, 1.807) is 0 Å². The van der Waals surface area contributed by atoms with Crippen molar-refractivity contribution in [1.29, 1.82) is 0 Å². The van der Waals surface area contributed by atoms with Gasteiger partial charge in [0.05, 0.1) is 0 Å². The highest BCUT2D eigenvalue weighted by atomic mass is 14.9. The molecule has 17 heavy (non-hydrogen) atoms. The van der Waals surface area contributed by atoms with Crippen LogP contribution in [-0.2, 0) is 6.54 Å². The van der Waals surface area contributed by atoms with E-state index in [1.165, 1.54) is 31.3 Å². The maximum absolute atomic E-state index is 2.26. The summed E-state index contributed by atoms with van der Waals surface area (Å²) in [6.45, 7) is 5.32. The first kappa shape index (κ1) is 13.7. The third-order valence-electron chi connectivity index (χ3n) is 2.87. The van der Waals surface area contributed by atoms with Crippen LogP contribution in [-0.4, -0.2) is 0 Å². The number of nitrogens with zero attached hydrogens (tertiary/aromatic N) is 1. The van der Waals surface area contributed by atoms with Gasteiger partial charge in [-0.15, -0.1) is 0 Å². The number of pyridine rings is 1. The fourth-order valence-corrected chi connectivity index (χ4v) is 1.78. The maximum Gasteiger partial charge on any atom is 0.169 e. The molecule has 0 N–H and O–H groups in total. The van der Waals surface area contributed by atoms with Gasteiger partial charge < -0.3 is 0 Å². The highest BCUT2D eigenvalue weighted by Gasteiger charge is 1.94. The van der Waals surface area contributed by atoms with Crippen LogP contribution in [0.25, 0.3) is 0 Å². The van der Waals surface area contributed by atoms with E-state index in [4.69, 9.17) is 0 Å². The Morgan fingerprint density at radius 3 is 2.53 bits per heavy atom. The molecule has 1 heteroatoms. The van der Waals surface area contributed by atoms with Crippen molar-refractivity contribution in [2.24, 2.45) is 0 Å². The Morgan fingerprint density at radius 2 is 1.88 bits per heavy atom. The Morgan fingerprint density at radius 1 is 1.12 bits per heavy atom. The molecule has 0 aliphatic carbocycles. The molecule has 0 bridgehead atoms. The van der Waals surface area contributed by atoms with Gasteiger partial charge in [-0.3, -0.25) is 0 Å². The summed E-state index contributed by atoms with van der Waals surface area (Å²) in [4.78, 5) is 0. The lowest BCUT2D eigenvalue weighted by atomic mass is 10.1.